The lowest BCUT2D eigenvalue weighted by molar-refractivity contribution is -0.140. The van der Waals surface area contributed by atoms with E-state index in [0.717, 1.165) is 45.3 Å². The first-order chi connectivity index (χ1) is 14.5. The molecule has 4 aliphatic rings. The van der Waals surface area contributed by atoms with Crippen LogP contribution in [-0.2, 0) is 11.2 Å². The number of likely N-dealkylation sites (tertiary alicyclic amines) is 1. The lowest BCUT2D eigenvalue weighted by Crippen LogP contribution is -2.57. The molecule has 1 amide bonds. The van der Waals surface area contributed by atoms with Crippen molar-refractivity contribution in [1.29, 1.82) is 0 Å². The number of halogens is 2. The van der Waals surface area contributed by atoms with Crippen LogP contribution in [0.3, 0.4) is 0 Å². The molecule has 3 heterocycles. The number of benzene rings is 1. The molecule has 1 N–H and O–H groups in total. The first-order valence-corrected chi connectivity index (χ1v) is 11.7. The Kier molecular flexibility index (Phi) is 5.56. The molecule has 0 radical (unpaired) electrons. The van der Waals surface area contributed by atoms with Gasteiger partial charge in [0, 0.05) is 38.5 Å². The van der Waals surface area contributed by atoms with E-state index < -0.39 is 5.92 Å². The third-order valence-electron chi connectivity index (χ3n) is 8.00. The van der Waals surface area contributed by atoms with Gasteiger partial charge in [-0.15, -0.1) is 0 Å². The molecule has 3 saturated heterocycles. The number of nitrogens with zero attached hydrogens (tertiary/aromatic N) is 2. The number of hydrogen-bond acceptors (Lipinski definition) is 3. The monoisotopic (exact) mass is 417 g/mol. The Morgan fingerprint density at radius 3 is 2.47 bits per heavy atom. The highest BCUT2D eigenvalue weighted by atomic mass is 19.3. The van der Waals surface area contributed by atoms with Crippen LogP contribution in [0.5, 0.6) is 0 Å². The van der Waals surface area contributed by atoms with Crippen molar-refractivity contribution < 1.29 is 13.6 Å². The Hall–Kier alpha value is -1.53. The van der Waals surface area contributed by atoms with Crippen molar-refractivity contribution >= 4 is 5.91 Å². The van der Waals surface area contributed by atoms with Gasteiger partial charge in [0.1, 0.15) is 6.04 Å². The number of carbonyl (C=O) groups is 1. The summed E-state index contributed by atoms with van der Waals surface area (Å²) < 4.78 is 27.0. The number of carbonyl (C=O) groups excluding carboxylic acids is 1. The van der Waals surface area contributed by atoms with E-state index in [4.69, 9.17) is 0 Å². The smallest absolute Gasteiger partial charge is 0.248 e. The Morgan fingerprint density at radius 1 is 1.00 bits per heavy atom. The van der Waals surface area contributed by atoms with Gasteiger partial charge in [-0.25, -0.2) is 8.78 Å². The second-order valence-electron chi connectivity index (χ2n) is 9.88. The highest BCUT2D eigenvalue weighted by Crippen LogP contribution is 2.42. The number of amides is 1. The van der Waals surface area contributed by atoms with Gasteiger partial charge in [0.25, 0.3) is 0 Å². The molecule has 1 aromatic rings. The van der Waals surface area contributed by atoms with E-state index in [1.54, 1.807) is 0 Å². The van der Waals surface area contributed by atoms with Gasteiger partial charge in [-0.3, -0.25) is 15.0 Å². The molecule has 5 rings (SSSR count). The number of hydrogen-bond donors (Lipinski definition) is 1. The van der Waals surface area contributed by atoms with Gasteiger partial charge in [0.15, 0.2) is 0 Å². The summed E-state index contributed by atoms with van der Waals surface area (Å²) in [5.74, 6) is -1.28. The van der Waals surface area contributed by atoms with Gasteiger partial charge in [-0.2, -0.15) is 0 Å². The summed E-state index contributed by atoms with van der Waals surface area (Å²) in [5.41, 5.74) is 1.29. The molecule has 164 valence electrons. The molecule has 6 heteroatoms. The van der Waals surface area contributed by atoms with Crippen LogP contribution < -0.4 is 5.32 Å². The normalized spacial score (nSPS) is 34.4. The van der Waals surface area contributed by atoms with Crippen LogP contribution >= 0.6 is 0 Å². The molecule has 4 fully saturated rings. The fraction of sp³-hybridized carbons (Fsp3) is 0.708. The maximum Gasteiger partial charge on any atom is 0.248 e. The van der Waals surface area contributed by atoms with Crippen LogP contribution in [0.4, 0.5) is 8.78 Å². The van der Waals surface area contributed by atoms with Crippen LogP contribution in [-0.4, -0.2) is 59.5 Å². The van der Waals surface area contributed by atoms with Gasteiger partial charge in [0.05, 0.1) is 6.17 Å². The van der Waals surface area contributed by atoms with Crippen LogP contribution in [0.25, 0.3) is 0 Å². The molecular weight excluding hydrogens is 384 g/mol. The van der Waals surface area contributed by atoms with Crippen molar-refractivity contribution in [2.45, 2.75) is 75.5 Å². The minimum atomic E-state index is -2.45. The van der Waals surface area contributed by atoms with E-state index in [0.29, 0.717) is 30.7 Å². The maximum absolute atomic E-state index is 13.5. The maximum atomic E-state index is 13.5. The molecule has 1 aliphatic carbocycles. The summed E-state index contributed by atoms with van der Waals surface area (Å²) >= 11 is 0. The minimum absolute atomic E-state index is 0.0503. The molecule has 0 aromatic heterocycles. The van der Waals surface area contributed by atoms with Gasteiger partial charge >= 0.3 is 0 Å². The third-order valence-corrected chi connectivity index (χ3v) is 8.00. The van der Waals surface area contributed by atoms with E-state index in [9.17, 15) is 13.6 Å². The summed E-state index contributed by atoms with van der Waals surface area (Å²) in [5, 5.41) is 3.58. The summed E-state index contributed by atoms with van der Waals surface area (Å²) in [7, 11) is 0. The molecule has 4 unspecified atom stereocenters. The van der Waals surface area contributed by atoms with Crippen molar-refractivity contribution in [1.82, 2.24) is 15.1 Å². The Balaban J connectivity index is 1.14. The summed E-state index contributed by atoms with van der Waals surface area (Å²) in [6, 6.07) is 10.6. The molecule has 0 bridgehead atoms. The van der Waals surface area contributed by atoms with Gasteiger partial charge in [-0.1, -0.05) is 30.3 Å². The third kappa shape index (κ3) is 4.13. The van der Waals surface area contributed by atoms with Gasteiger partial charge in [0.2, 0.25) is 11.8 Å². The fourth-order valence-corrected chi connectivity index (χ4v) is 6.08. The van der Waals surface area contributed by atoms with Crippen molar-refractivity contribution in [2.75, 3.05) is 19.6 Å². The van der Waals surface area contributed by atoms with E-state index in [1.165, 1.54) is 5.56 Å². The van der Waals surface area contributed by atoms with Crippen molar-refractivity contribution in [3.63, 3.8) is 0 Å². The fourth-order valence-electron chi connectivity index (χ4n) is 6.08. The quantitative estimate of drug-likeness (QED) is 0.812. The number of alkyl halides is 2. The minimum Gasteiger partial charge on any atom is -0.338 e. The molecule has 4 nitrogen and oxygen atoms in total. The first kappa shape index (κ1) is 20.4. The van der Waals surface area contributed by atoms with Gasteiger partial charge in [-0.05, 0) is 55.9 Å². The van der Waals surface area contributed by atoms with Gasteiger partial charge < -0.3 is 4.90 Å². The second kappa shape index (κ2) is 8.19. The number of piperidine rings is 1. The topological polar surface area (TPSA) is 35.6 Å². The van der Waals surface area contributed by atoms with Crippen LogP contribution in [0.2, 0.25) is 0 Å². The van der Waals surface area contributed by atoms with Crippen molar-refractivity contribution in [3.8, 4) is 0 Å². The average Bonchev–Trinajstić information content (AvgIpc) is 3.15. The summed E-state index contributed by atoms with van der Waals surface area (Å²) in [6.45, 7) is 2.57. The van der Waals surface area contributed by atoms with Crippen LogP contribution in [0.15, 0.2) is 30.3 Å². The molecular formula is C24H33F2N3O. The largest absolute Gasteiger partial charge is 0.338 e. The molecule has 4 atom stereocenters. The molecule has 3 aliphatic heterocycles. The SMILES string of the molecule is O=C(C1CN2CC(C3CCC(F)(F)CC3)CCC2N1)N1CCC1Cc1ccccc1. The summed E-state index contributed by atoms with van der Waals surface area (Å²) in [6.07, 6.45) is 5.80. The Morgan fingerprint density at radius 2 is 1.77 bits per heavy atom. The molecule has 1 aromatic carbocycles. The predicted molar refractivity (Wildman–Crippen MR) is 112 cm³/mol. The lowest BCUT2D eigenvalue weighted by Gasteiger charge is -2.42. The zero-order chi connectivity index (χ0) is 20.7. The van der Waals surface area contributed by atoms with E-state index in [-0.39, 0.29) is 31.0 Å². The van der Waals surface area contributed by atoms with Crippen LogP contribution in [0, 0.1) is 11.8 Å². The van der Waals surface area contributed by atoms with Crippen molar-refractivity contribution in [3.05, 3.63) is 35.9 Å². The second-order valence-corrected chi connectivity index (χ2v) is 9.88. The van der Waals surface area contributed by atoms with E-state index in [1.807, 2.05) is 6.07 Å². The summed E-state index contributed by atoms with van der Waals surface area (Å²) in [4.78, 5) is 17.7. The predicted octanol–water partition coefficient (Wildman–Crippen LogP) is 3.67. The first-order valence-electron chi connectivity index (χ1n) is 11.7. The zero-order valence-electron chi connectivity index (χ0n) is 17.6. The average molecular weight is 418 g/mol. The van der Waals surface area contributed by atoms with Crippen LogP contribution in [0.1, 0.15) is 50.5 Å². The number of nitrogens with one attached hydrogen (secondary N) is 1. The Bertz CT molecular complexity index is 748. The molecule has 30 heavy (non-hydrogen) atoms. The highest BCUT2D eigenvalue weighted by Gasteiger charge is 2.45. The number of rotatable bonds is 4. The standard InChI is InChI=1S/C24H33F2N3O/c25-24(26)11-8-18(9-12-24)19-6-7-22-27-21(16-28(22)15-19)23(30)29-13-10-20(29)14-17-4-2-1-3-5-17/h1-5,18-22,27H,6-16H2. The van der Waals surface area contributed by atoms with E-state index >= 15 is 0 Å². The molecule has 1 saturated carbocycles. The van der Waals surface area contributed by atoms with Crippen molar-refractivity contribution in [2.24, 2.45) is 11.8 Å². The number of fused-ring (bicyclic) bond motifs is 1. The Labute approximate surface area is 178 Å². The van der Waals surface area contributed by atoms with E-state index in [2.05, 4.69) is 39.4 Å². The lowest BCUT2D eigenvalue weighted by atomic mass is 9.75. The molecule has 0 spiro atoms. The highest BCUT2D eigenvalue weighted by molar-refractivity contribution is 5.83. The zero-order valence-corrected chi connectivity index (χ0v) is 17.6.